The van der Waals surface area contributed by atoms with Crippen LogP contribution in [-0.4, -0.2) is 16.8 Å². The Labute approximate surface area is 106 Å². The molecule has 1 aromatic rings. The van der Waals surface area contributed by atoms with Gasteiger partial charge in [-0.3, -0.25) is 0 Å². The van der Waals surface area contributed by atoms with E-state index in [0.29, 0.717) is 6.42 Å². The molecule has 2 rings (SSSR count). The summed E-state index contributed by atoms with van der Waals surface area (Å²) >= 11 is 0. The Morgan fingerprint density at radius 3 is 2.94 bits per heavy atom. The quantitative estimate of drug-likeness (QED) is 0.870. The van der Waals surface area contributed by atoms with Crippen LogP contribution in [0.2, 0.25) is 0 Å². The van der Waals surface area contributed by atoms with Crippen molar-refractivity contribution in [2.45, 2.75) is 20.3 Å². The Kier molecular flexibility index (Phi) is 3.46. The van der Waals surface area contributed by atoms with Crippen molar-refractivity contribution in [1.82, 2.24) is 0 Å². The van der Waals surface area contributed by atoms with Crippen LogP contribution in [0.5, 0.6) is 0 Å². The summed E-state index contributed by atoms with van der Waals surface area (Å²) in [6, 6.07) is 7.82. The molecule has 0 fully saturated rings. The van der Waals surface area contributed by atoms with Crippen molar-refractivity contribution < 1.29 is 9.90 Å². The molecule has 0 aliphatic carbocycles. The molecule has 0 radical (unpaired) electrons. The zero-order chi connectivity index (χ0) is 13.1. The van der Waals surface area contributed by atoms with Crippen molar-refractivity contribution in [2.75, 3.05) is 5.01 Å². The van der Waals surface area contributed by atoms with Crippen molar-refractivity contribution in [3.8, 4) is 0 Å². The maximum Gasteiger partial charge on any atom is 0.352 e. The van der Waals surface area contributed by atoms with Gasteiger partial charge >= 0.3 is 5.97 Å². The molecule has 0 bridgehead atoms. The minimum atomic E-state index is -0.955. The van der Waals surface area contributed by atoms with Crippen LogP contribution in [0.25, 0.3) is 0 Å². The van der Waals surface area contributed by atoms with Gasteiger partial charge < -0.3 is 5.11 Å². The first-order chi connectivity index (χ1) is 8.58. The summed E-state index contributed by atoms with van der Waals surface area (Å²) in [5, 5.41) is 15.0. The highest BCUT2D eigenvalue weighted by Crippen LogP contribution is 2.21. The minimum Gasteiger partial charge on any atom is -0.477 e. The number of hydrogen-bond donors (Lipinski definition) is 1. The number of carboxylic acid groups (broad SMARTS) is 1. The van der Waals surface area contributed by atoms with E-state index < -0.39 is 5.97 Å². The predicted octanol–water partition coefficient (Wildman–Crippen LogP) is 2.80. The molecule has 1 aliphatic rings. The first-order valence-electron chi connectivity index (χ1n) is 5.92. The van der Waals surface area contributed by atoms with Gasteiger partial charge in [0.2, 0.25) is 0 Å². The van der Waals surface area contributed by atoms with Gasteiger partial charge in [-0.15, -0.1) is 0 Å². The van der Waals surface area contributed by atoms with E-state index in [1.54, 1.807) is 5.01 Å². The molecular weight excluding hydrogens is 228 g/mol. The Bertz CT molecular complexity index is 520. The molecule has 1 atom stereocenters. The fraction of sp³-hybridized carbons (Fsp3) is 0.286. The molecule has 1 heterocycles. The zero-order valence-corrected chi connectivity index (χ0v) is 10.5. The summed E-state index contributed by atoms with van der Waals surface area (Å²) < 4.78 is 0. The Morgan fingerprint density at radius 1 is 1.50 bits per heavy atom. The molecule has 1 N–H and O–H groups in total. The van der Waals surface area contributed by atoms with Crippen LogP contribution in [0.15, 0.2) is 41.6 Å². The molecule has 18 heavy (non-hydrogen) atoms. The summed E-state index contributed by atoms with van der Waals surface area (Å²) in [4.78, 5) is 11.2. The van der Waals surface area contributed by atoms with Gasteiger partial charge in [0, 0.05) is 12.1 Å². The summed E-state index contributed by atoms with van der Waals surface area (Å²) in [6.07, 6.45) is 4.46. The number of rotatable bonds is 2. The second-order valence-corrected chi connectivity index (χ2v) is 4.50. The SMILES string of the molecule is Cc1cccc(N2C=CCC(C)C(C(=O)O)=N2)c1. The Morgan fingerprint density at radius 2 is 2.28 bits per heavy atom. The van der Waals surface area contributed by atoms with E-state index >= 15 is 0 Å². The lowest BCUT2D eigenvalue weighted by Crippen LogP contribution is -2.23. The summed E-state index contributed by atoms with van der Waals surface area (Å²) in [5.41, 5.74) is 2.19. The van der Waals surface area contributed by atoms with Gasteiger partial charge in [-0.25, -0.2) is 9.80 Å². The smallest absolute Gasteiger partial charge is 0.352 e. The van der Waals surface area contributed by atoms with Crippen LogP contribution < -0.4 is 5.01 Å². The standard InChI is InChI=1S/C14H16N2O2/c1-10-5-3-7-12(9-10)16-8-4-6-11(2)13(15-16)14(17)18/h3-5,7-9,11H,6H2,1-2H3,(H,17,18). The van der Waals surface area contributed by atoms with E-state index in [9.17, 15) is 4.79 Å². The van der Waals surface area contributed by atoms with Crippen LogP contribution in [0.1, 0.15) is 18.9 Å². The monoisotopic (exact) mass is 244 g/mol. The number of carboxylic acids is 1. The molecule has 0 amide bonds. The largest absolute Gasteiger partial charge is 0.477 e. The number of nitrogens with zero attached hydrogens (tertiary/aromatic N) is 2. The van der Waals surface area contributed by atoms with Gasteiger partial charge in [0.25, 0.3) is 0 Å². The first kappa shape index (κ1) is 12.4. The van der Waals surface area contributed by atoms with Crippen molar-refractivity contribution in [1.29, 1.82) is 0 Å². The lowest BCUT2D eigenvalue weighted by atomic mass is 10.0. The van der Waals surface area contributed by atoms with Gasteiger partial charge in [-0.05, 0) is 31.0 Å². The maximum absolute atomic E-state index is 11.2. The Balaban J connectivity index is 2.40. The van der Waals surface area contributed by atoms with E-state index in [0.717, 1.165) is 11.3 Å². The molecule has 94 valence electrons. The molecule has 4 heteroatoms. The topological polar surface area (TPSA) is 52.9 Å². The number of hydrogen-bond acceptors (Lipinski definition) is 3. The van der Waals surface area contributed by atoms with Crippen molar-refractivity contribution >= 4 is 17.4 Å². The number of allylic oxidation sites excluding steroid dienone is 1. The number of aliphatic carboxylic acids is 1. The number of hydrazone groups is 1. The van der Waals surface area contributed by atoms with Crippen LogP contribution >= 0.6 is 0 Å². The highest BCUT2D eigenvalue weighted by Gasteiger charge is 2.21. The molecule has 1 aromatic carbocycles. The number of aryl methyl sites for hydroxylation is 1. The van der Waals surface area contributed by atoms with E-state index in [-0.39, 0.29) is 11.6 Å². The van der Waals surface area contributed by atoms with E-state index in [4.69, 9.17) is 5.11 Å². The number of benzene rings is 1. The lowest BCUT2D eigenvalue weighted by molar-refractivity contribution is -0.129. The highest BCUT2D eigenvalue weighted by molar-refractivity contribution is 6.36. The third kappa shape index (κ3) is 2.59. The van der Waals surface area contributed by atoms with Crippen molar-refractivity contribution in [3.05, 3.63) is 42.1 Å². The maximum atomic E-state index is 11.2. The van der Waals surface area contributed by atoms with Crippen LogP contribution in [0, 0.1) is 12.8 Å². The summed E-state index contributed by atoms with van der Waals surface area (Å²) in [7, 11) is 0. The van der Waals surface area contributed by atoms with Gasteiger partial charge in [0.15, 0.2) is 0 Å². The normalized spacial score (nSPS) is 19.3. The van der Waals surface area contributed by atoms with E-state index in [1.165, 1.54) is 0 Å². The molecule has 0 saturated carbocycles. The second-order valence-electron chi connectivity index (χ2n) is 4.50. The third-order valence-corrected chi connectivity index (χ3v) is 2.90. The van der Waals surface area contributed by atoms with Crippen LogP contribution in [-0.2, 0) is 4.79 Å². The Hall–Kier alpha value is -2.10. The van der Waals surface area contributed by atoms with Gasteiger partial charge in [0.05, 0.1) is 5.69 Å². The average Bonchev–Trinajstić information content (AvgIpc) is 2.51. The molecule has 0 spiro atoms. The minimum absolute atomic E-state index is 0.0754. The lowest BCUT2D eigenvalue weighted by Gasteiger charge is -2.15. The third-order valence-electron chi connectivity index (χ3n) is 2.90. The van der Waals surface area contributed by atoms with E-state index in [1.807, 2.05) is 50.4 Å². The predicted molar refractivity (Wildman–Crippen MR) is 71.6 cm³/mol. The first-order valence-corrected chi connectivity index (χ1v) is 5.92. The molecule has 1 aliphatic heterocycles. The van der Waals surface area contributed by atoms with Crippen LogP contribution in [0.3, 0.4) is 0 Å². The zero-order valence-electron chi connectivity index (χ0n) is 10.5. The average molecular weight is 244 g/mol. The van der Waals surface area contributed by atoms with Crippen molar-refractivity contribution in [2.24, 2.45) is 11.0 Å². The summed E-state index contributed by atoms with van der Waals surface area (Å²) in [5.74, 6) is -1.03. The fourth-order valence-corrected chi connectivity index (χ4v) is 1.89. The summed E-state index contributed by atoms with van der Waals surface area (Å²) in [6.45, 7) is 3.87. The van der Waals surface area contributed by atoms with Crippen LogP contribution in [0.4, 0.5) is 5.69 Å². The number of anilines is 1. The molecule has 0 aromatic heterocycles. The molecule has 1 unspecified atom stereocenters. The van der Waals surface area contributed by atoms with Gasteiger partial charge in [-0.2, -0.15) is 5.10 Å². The number of carbonyl (C=O) groups is 1. The van der Waals surface area contributed by atoms with Crippen molar-refractivity contribution in [3.63, 3.8) is 0 Å². The highest BCUT2D eigenvalue weighted by atomic mass is 16.4. The van der Waals surface area contributed by atoms with E-state index in [2.05, 4.69) is 5.10 Å². The molecule has 4 nitrogen and oxygen atoms in total. The van der Waals surface area contributed by atoms with Gasteiger partial charge in [0.1, 0.15) is 5.71 Å². The fourth-order valence-electron chi connectivity index (χ4n) is 1.89. The molecule has 0 saturated heterocycles. The second kappa shape index (κ2) is 5.04. The molecular formula is C14H16N2O2. The van der Waals surface area contributed by atoms with Gasteiger partial charge in [-0.1, -0.05) is 25.1 Å².